The van der Waals surface area contributed by atoms with Gasteiger partial charge in [0.25, 0.3) is 5.91 Å². The van der Waals surface area contributed by atoms with Crippen molar-refractivity contribution in [1.82, 2.24) is 14.9 Å². The summed E-state index contributed by atoms with van der Waals surface area (Å²) in [6.45, 7) is 0.267. The van der Waals surface area contributed by atoms with Crippen LogP contribution in [-0.2, 0) is 12.5 Å². The number of nitrogens with one attached hydrogen (secondary N) is 1. The molecule has 0 saturated carbocycles. The third-order valence-corrected chi connectivity index (χ3v) is 7.23. The van der Waals surface area contributed by atoms with E-state index in [4.69, 9.17) is 23.2 Å². The predicted octanol–water partition coefficient (Wildman–Crippen LogP) is 5.77. The molecule has 2 aromatic carbocycles. The third-order valence-electron chi connectivity index (χ3n) is 5.65. The van der Waals surface area contributed by atoms with Gasteiger partial charge in [-0.15, -0.1) is 0 Å². The molecule has 0 radical (unpaired) electrons. The summed E-state index contributed by atoms with van der Waals surface area (Å²) in [4.78, 5) is 24.3. The van der Waals surface area contributed by atoms with Crippen LogP contribution >= 0.6 is 35.0 Å². The molecule has 0 saturated heterocycles. The third kappa shape index (κ3) is 3.93. The molecular formula is C22H17Cl2F2N5OS. The molecule has 2 aliphatic rings. The van der Waals surface area contributed by atoms with Gasteiger partial charge < -0.3 is 5.32 Å². The smallest absolute Gasteiger partial charge is 0.324 e. The summed E-state index contributed by atoms with van der Waals surface area (Å²) in [7, 11) is 1.41. The van der Waals surface area contributed by atoms with Gasteiger partial charge in [0.2, 0.25) is 5.95 Å². The zero-order valence-corrected chi connectivity index (χ0v) is 19.6. The Kier molecular flexibility index (Phi) is 5.68. The van der Waals surface area contributed by atoms with Crippen LogP contribution in [0.15, 0.2) is 47.6 Å². The molecule has 1 amide bonds. The number of anilines is 3. The number of rotatable bonds is 3. The van der Waals surface area contributed by atoms with Crippen molar-refractivity contribution >= 4 is 58.2 Å². The maximum atomic E-state index is 14.4. The average Bonchev–Trinajstić information content (AvgIpc) is 2.78. The van der Waals surface area contributed by atoms with Gasteiger partial charge in [0.15, 0.2) is 0 Å². The van der Waals surface area contributed by atoms with E-state index in [1.165, 1.54) is 36.0 Å². The van der Waals surface area contributed by atoms with Crippen molar-refractivity contribution in [2.45, 2.75) is 17.5 Å². The van der Waals surface area contributed by atoms with Crippen molar-refractivity contribution in [1.29, 1.82) is 0 Å². The van der Waals surface area contributed by atoms with Gasteiger partial charge in [0, 0.05) is 24.0 Å². The summed E-state index contributed by atoms with van der Waals surface area (Å²) < 4.78 is 28.8. The Morgan fingerprint density at radius 1 is 1.18 bits per heavy atom. The number of carbonyl (C=O) groups is 1. The second-order valence-electron chi connectivity index (χ2n) is 7.70. The van der Waals surface area contributed by atoms with E-state index in [2.05, 4.69) is 15.3 Å². The van der Waals surface area contributed by atoms with Crippen molar-refractivity contribution in [3.63, 3.8) is 0 Å². The fraction of sp³-hybridized carbons (Fsp3) is 0.227. The quantitative estimate of drug-likeness (QED) is 0.358. The number of hydrogen-bond donors (Lipinski definition) is 1. The maximum Gasteiger partial charge on any atom is 0.331 e. The summed E-state index contributed by atoms with van der Waals surface area (Å²) in [5.74, 6) is 0.260. The molecule has 170 valence electrons. The van der Waals surface area contributed by atoms with E-state index >= 15 is 0 Å². The molecule has 0 spiro atoms. The molecule has 0 unspecified atom stereocenters. The SMILES string of the molecule is CN1CCc2cc(Nc3ncc4c(n3)SCN(c3c(Cl)cccc3Cl)C4=O)ccc2C1(F)F. The number of benzene rings is 2. The van der Waals surface area contributed by atoms with Gasteiger partial charge in [0.05, 0.1) is 27.2 Å². The summed E-state index contributed by atoms with van der Waals surface area (Å²) in [6, 6.07) is 6.76. The summed E-state index contributed by atoms with van der Waals surface area (Å²) in [6.07, 6.45) is 1.96. The first-order valence-electron chi connectivity index (χ1n) is 10.0. The molecule has 1 N–H and O–H groups in total. The van der Waals surface area contributed by atoms with Gasteiger partial charge in [-0.25, -0.2) is 14.9 Å². The van der Waals surface area contributed by atoms with Crippen molar-refractivity contribution in [3.05, 3.63) is 69.3 Å². The molecule has 0 aliphatic carbocycles. The number of aromatic nitrogens is 2. The van der Waals surface area contributed by atoms with E-state index in [1.807, 2.05) is 0 Å². The summed E-state index contributed by atoms with van der Waals surface area (Å²) >= 11 is 13.9. The highest BCUT2D eigenvalue weighted by molar-refractivity contribution is 7.99. The van der Waals surface area contributed by atoms with E-state index in [1.54, 1.807) is 30.3 Å². The van der Waals surface area contributed by atoms with Gasteiger partial charge in [-0.3, -0.25) is 9.69 Å². The van der Waals surface area contributed by atoms with E-state index in [0.717, 1.165) is 4.90 Å². The normalized spacial score (nSPS) is 17.5. The molecule has 6 nitrogen and oxygen atoms in total. The van der Waals surface area contributed by atoms with Crippen LogP contribution in [0.3, 0.4) is 0 Å². The standard InChI is InChI=1S/C22H17Cl2F2N5OS/c1-30-8-7-12-9-13(5-6-15(12)22(30,25)26)28-21-27-10-14-19(29-21)33-11-31(20(14)32)18-16(23)3-2-4-17(18)24/h2-6,9-10H,7-8,11H2,1H3,(H,27,28,29). The fourth-order valence-corrected chi connectivity index (χ4v) is 5.41. The number of nitrogens with zero attached hydrogens (tertiary/aromatic N) is 4. The monoisotopic (exact) mass is 507 g/mol. The van der Waals surface area contributed by atoms with E-state index in [9.17, 15) is 13.6 Å². The molecule has 3 aromatic rings. The van der Waals surface area contributed by atoms with E-state index < -0.39 is 6.05 Å². The molecule has 0 bridgehead atoms. The first-order valence-corrected chi connectivity index (χ1v) is 11.7. The molecule has 5 rings (SSSR count). The number of thioether (sulfide) groups is 1. The minimum absolute atomic E-state index is 0.00707. The van der Waals surface area contributed by atoms with Gasteiger partial charge in [-0.1, -0.05) is 41.0 Å². The number of alkyl halides is 2. The zero-order valence-electron chi connectivity index (χ0n) is 17.3. The van der Waals surface area contributed by atoms with Crippen LogP contribution in [0.25, 0.3) is 0 Å². The number of carbonyl (C=O) groups excluding carboxylic acids is 1. The lowest BCUT2D eigenvalue weighted by atomic mass is 9.97. The second kappa shape index (κ2) is 8.39. The Hall–Kier alpha value is -2.46. The lowest BCUT2D eigenvalue weighted by molar-refractivity contribution is -0.148. The highest BCUT2D eigenvalue weighted by atomic mass is 35.5. The van der Waals surface area contributed by atoms with Crippen molar-refractivity contribution < 1.29 is 13.6 Å². The Labute approximate surface area is 202 Å². The van der Waals surface area contributed by atoms with Crippen LogP contribution in [0.5, 0.6) is 0 Å². The van der Waals surface area contributed by atoms with Gasteiger partial charge in [-0.2, -0.15) is 8.78 Å². The summed E-state index contributed by atoms with van der Waals surface area (Å²) in [5.41, 5.74) is 1.97. The Balaban J connectivity index is 1.39. The first kappa shape index (κ1) is 22.3. The Morgan fingerprint density at radius 3 is 2.70 bits per heavy atom. The van der Waals surface area contributed by atoms with Gasteiger partial charge >= 0.3 is 6.05 Å². The predicted molar refractivity (Wildman–Crippen MR) is 126 cm³/mol. The van der Waals surface area contributed by atoms with Crippen molar-refractivity contribution in [2.24, 2.45) is 0 Å². The topological polar surface area (TPSA) is 61.4 Å². The van der Waals surface area contributed by atoms with Gasteiger partial charge in [-0.05, 0) is 49.4 Å². The molecule has 0 fully saturated rings. The fourth-order valence-electron chi connectivity index (χ4n) is 3.86. The highest BCUT2D eigenvalue weighted by Gasteiger charge is 2.41. The average molecular weight is 508 g/mol. The number of fused-ring (bicyclic) bond motifs is 2. The van der Waals surface area contributed by atoms with Gasteiger partial charge in [0.1, 0.15) is 5.03 Å². The number of amides is 1. The van der Waals surface area contributed by atoms with Crippen molar-refractivity contribution in [3.8, 4) is 0 Å². The second-order valence-corrected chi connectivity index (χ2v) is 9.45. The number of halogens is 4. The van der Waals surface area contributed by atoms with Crippen LogP contribution < -0.4 is 10.2 Å². The number of likely N-dealkylation sites (N-methyl/N-ethyl adjacent to an activating group) is 1. The minimum atomic E-state index is -3.00. The van der Waals surface area contributed by atoms with Crippen molar-refractivity contribution in [2.75, 3.05) is 29.7 Å². The molecule has 11 heteroatoms. The Bertz CT molecular complexity index is 1260. The van der Waals surface area contributed by atoms with Crippen LogP contribution in [0.4, 0.5) is 26.1 Å². The first-order chi connectivity index (χ1) is 15.8. The van der Waals surface area contributed by atoms with Crippen LogP contribution in [-0.4, -0.2) is 40.2 Å². The lowest BCUT2D eigenvalue weighted by Crippen LogP contribution is -2.41. The van der Waals surface area contributed by atoms with E-state index in [-0.39, 0.29) is 29.8 Å². The molecular weight excluding hydrogens is 491 g/mol. The largest absolute Gasteiger partial charge is 0.331 e. The Morgan fingerprint density at radius 2 is 1.94 bits per heavy atom. The number of para-hydroxylation sites is 1. The van der Waals surface area contributed by atoms with E-state index in [0.29, 0.717) is 44.0 Å². The molecule has 1 aromatic heterocycles. The molecule has 33 heavy (non-hydrogen) atoms. The summed E-state index contributed by atoms with van der Waals surface area (Å²) in [5, 5.41) is 4.33. The zero-order chi connectivity index (χ0) is 23.3. The lowest BCUT2D eigenvalue weighted by Gasteiger charge is -2.34. The molecule has 3 heterocycles. The van der Waals surface area contributed by atoms with Crippen LogP contribution in [0.1, 0.15) is 21.5 Å². The highest BCUT2D eigenvalue weighted by Crippen LogP contribution is 2.40. The number of hydrogen-bond acceptors (Lipinski definition) is 6. The minimum Gasteiger partial charge on any atom is -0.324 e. The maximum absolute atomic E-state index is 14.4. The molecule has 0 atom stereocenters. The molecule has 2 aliphatic heterocycles. The van der Waals surface area contributed by atoms with Crippen LogP contribution in [0, 0.1) is 0 Å². The van der Waals surface area contributed by atoms with Crippen LogP contribution in [0.2, 0.25) is 10.0 Å².